The molecule has 0 aliphatic rings. The van der Waals surface area contributed by atoms with Crippen LogP contribution in [0.1, 0.15) is 16.2 Å². The Morgan fingerprint density at radius 2 is 2.53 bits per heavy atom. The van der Waals surface area contributed by atoms with Crippen LogP contribution in [0.3, 0.4) is 0 Å². The highest BCUT2D eigenvalue weighted by Gasteiger charge is 2.20. The fraction of sp³-hybridized carbons (Fsp3) is 0.182. The maximum Gasteiger partial charge on any atom is 0.281 e. The van der Waals surface area contributed by atoms with Gasteiger partial charge in [-0.05, 0) is 13.0 Å². The molecule has 86 valence electrons. The van der Waals surface area contributed by atoms with E-state index in [1.807, 2.05) is 6.92 Å². The Morgan fingerprint density at radius 1 is 1.71 bits per heavy atom. The number of terminal acetylenes is 1. The standard InChI is InChI=1S/C11H10N4OS/c1-3-5-15(11-12-4-6-17-11)10(16)9-7-8(2)13-14-9/h1,4,6-7H,5H2,2H3,(H,13,14). The third kappa shape index (κ3) is 2.34. The topological polar surface area (TPSA) is 61.9 Å². The SMILES string of the molecule is C#CCN(C(=O)c1cc(C)[nH]n1)c1nccs1. The Morgan fingerprint density at radius 3 is 3.06 bits per heavy atom. The van der Waals surface area contributed by atoms with Crippen molar-refractivity contribution in [1.29, 1.82) is 0 Å². The zero-order chi connectivity index (χ0) is 12.3. The zero-order valence-corrected chi connectivity index (χ0v) is 9.99. The van der Waals surface area contributed by atoms with E-state index >= 15 is 0 Å². The number of thiazole rings is 1. The molecular formula is C11H10N4OS. The third-order valence-corrected chi connectivity index (χ3v) is 2.86. The average Bonchev–Trinajstić information content (AvgIpc) is 2.95. The van der Waals surface area contributed by atoms with Crippen molar-refractivity contribution in [2.75, 3.05) is 11.4 Å². The first-order chi connectivity index (χ1) is 8.22. The summed E-state index contributed by atoms with van der Waals surface area (Å²) in [6, 6.07) is 1.68. The van der Waals surface area contributed by atoms with Crippen molar-refractivity contribution < 1.29 is 4.79 Å². The van der Waals surface area contributed by atoms with E-state index in [4.69, 9.17) is 6.42 Å². The van der Waals surface area contributed by atoms with Gasteiger partial charge in [-0.15, -0.1) is 17.8 Å². The van der Waals surface area contributed by atoms with Crippen LogP contribution in [0.2, 0.25) is 0 Å². The molecule has 0 atom stereocenters. The molecule has 0 aromatic carbocycles. The van der Waals surface area contributed by atoms with E-state index in [2.05, 4.69) is 21.1 Å². The van der Waals surface area contributed by atoms with Gasteiger partial charge in [0, 0.05) is 17.3 Å². The zero-order valence-electron chi connectivity index (χ0n) is 9.17. The van der Waals surface area contributed by atoms with Gasteiger partial charge >= 0.3 is 0 Å². The molecule has 1 amide bonds. The number of nitrogens with zero attached hydrogens (tertiary/aromatic N) is 3. The lowest BCUT2D eigenvalue weighted by Gasteiger charge is -2.15. The van der Waals surface area contributed by atoms with Gasteiger partial charge in [0.2, 0.25) is 0 Å². The Balaban J connectivity index is 2.29. The van der Waals surface area contributed by atoms with Gasteiger partial charge in [-0.2, -0.15) is 5.10 Å². The lowest BCUT2D eigenvalue weighted by molar-refractivity contribution is 0.0985. The van der Waals surface area contributed by atoms with Gasteiger partial charge in [0.15, 0.2) is 10.8 Å². The van der Waals surface area contributed by atoms with Gasteiger partial charge in [0.25, 0.3) is 5.91 Å². The van der Waals surface area contributed by atoms with Crippen molar-refractivity contribution in [2.45, 2.75) is 6.92 Å². The number of carbonyl (C=O) groups is 1. The first kappa shape index (κ1) is 11.4. The molecule has 0 radical (unpaired) electrons. The van der Waals surface area contributed by atoms with Gasteiger partial charge in [0.1, 0.15) is 0 Å². The molecule has 0 unspecified atom stereocenters. The van der Waals surface area contributed by atoms with Gasteiger partial charge in [-0.1, -0.05) is 5.92 Å². The summed E-state index contributed by atoms with van der Waals surface area (Å²) in [6.45, 7) is 2.01. The van der Waals surface area contributed by atoms with Crippen molar-refractivity contribution in [2.24, 2.45) is 0 Å². The van der Waals surface area contributed by atoms with Gasteiger partial charge in [0.05, 0.1) is 6.54 Å². The van der Waals surface area contributed by atoms with Crippen LogP contribution in [0.25, 0.3) is 0 Å². The molecule has 0 spiro atoms. The van der Waals surface area contributed by atoms with Crippen LogP contribution in [0.15, 0.2) is 17.6 Å². The van der Waals surface area contributed by atoms with Crippen molar-refractivity contribution in [3.05, 3.63) is 29.0 Å². The Bertz CT molecular complexity index is 552. The molecule has 0 bridgehead atoms. The Hall–Kier alpha value is -2.13. The normalized spacial score (nSPS) is 9.88. The molecule has 0 fully saturated rings. The summed E-state index contributed by atoms with van der Waals surface area (Å²) in [6.07, 6.45) is 6.89. The van der Waals surface area contributed by atoms with Crippen molar-refractivity contribution in [3.8, 4) is 12.3 Å². The minimum atomic E-state index is -0.248. The highest BCUT2D eigenvalue weighted by molar-refractivity contribution is 7.13. The second kappa shape index (κ2) is 4.80. The summed E-state index contributed by atoms with van der Waals surface area (Å²) in [5, 5.41) is 9.02. The number of nitrogens with one attached hydrogen (secondary N) is 1. The molecule has 17 heavy (non-hydrogen) atoms. The van der Waals surface area contributed by atoms with E-state index in [1.165, 1.54) is 16.2 Å². The van der Waals surface area contributed by atoms with Crippen molar-refractivity contribution in [3.63, 3.8) is 0 Å². The lowest BCUT2D eigenvalue weighted by atomic mass is 10.3. The molecule has 0 aliphatic heterocycles. The number of aryl methyl sites for hydroxylation is 1. The number of hydrogen-bond donors (Lipinski definition) is 1. The predicted octanol–water partition coefficient (Wildman–Crippen LogP) is 1.45. The van der Waals surface area contributed by atoms with Crippen LogP contribution in [0, 0.1) is 19.3 Å². The van der Waals surface area contributed by atoms with E-state index in [-0.39, 0.29) is 12.5 Å². The number of amides is 1. The fourth-order valence-electron chi connectivity index (χ4n) is 1.33. The lowest BCUT2D eigenvalue weighted by Crippen LogP contribution is -2.31. The van der Waals surface area contributed by atoms with Crippen LogP contribution in [0.5, 0.6) is 0 Å². The van der Waals surface area contributed by atoms with E-state index in [1.54, 1.807) is 17.6 Å². The number of H-pyrrole nitrogens is 1. The van der Waals surface area contributed by atoms with E-state index < -0.39 is 0 Å². The van der Waals surface area contributed by atoms with Crippen molar-refractivity contribution >= 4 is 22.4 Å². The van der Waals surface area contributed by atoms with E-state index in [0.29, 0.717) is 10.8 Å². The second-order valence-electron chi connectivity index (χ2n) is 3.35. The first-order valence-electron chi connectivity index (χ1n) is 4.89. The molecule has 1 N–H and O–H groups in total. The summed E-state index contributed by atoms with van der Waals surface area (Å²) in [5.41, 5.74) is 1.17. The van der Waals surface area contributed by atoms with Gasteiger partial charge in [-0.3, -0.25) is 14.8 Å². The molecule has 0 aliphatic carbocycles. The van der Waals surface area contributed by atoms with Crippen LogP contribution in [-0.2, 0) is 0 Å². The summed E-state index contributed by atoms with van der Waals surface area (Å²) in [5.74, 6) is 2.20. The van der Waals surface area contributed by atoms with Crippen molar-refractivity contribution in [1.82, 2.24) is 15.2 Å². The first-order valence-corrected chi connectivity index (χ1v) is 5.77. The molecule has 6 heteroatoms. The quantitative estimate of drug-likeness (QED) is 0.834. The molecule has 0 saturated carbocycles. The summed E-state index contributed by atoms with van der Waals surface area (Å²) in [7, 11) is 0. The van der Waals surface area contributed by atoms with Crippen LogP contribution >= 0.6 is 11.3 Å². The van der Waals surface area contributed by atoms with E-state index in [9.17, 15) is 4.79 Å². The minimum absolute atomic E-state index is 0.179. The highest BCUT2D eigenvalue weighted by Crippen LogP contribution is 2.19. The summed E-state index contributed by atoms with van der Waals surface area (Å²) >= 11 is 1.36. The number of hydrogen-bond acceptors (Lipinski definition) is 4. The molecule has 2 aromatic heterocycles. The number of carbonyl (C=O) groups excluding carboxylic acids is 1. The minimum Gasteiger partial charge on any atom is -0.282 e. The average molecular weight is 246 g/mol. The smallest absolute Gasteiger partial charge is 0.281 e. The number of aromatic amines is 1. The molecule has 0 saturated heterocycles. The Labute approximate surface area is 102 Å². The molecule has 2 heterocycles. The number of aromatic nitrogens is 3. The van der Waals surface area contributed by atoms with Gasteiger partial charge < -0.3 is 0 Å². The fourth-order valence-corrected chi connectivity index (χ4v) is 1.97. The molecule has 2 aromatic rings. The highest BCUT2D eigenvalue weighted by atomic mass is 32.1. The summed E-state index contributed by atoms with van der Waals surface area (Å²) < 4.78 is 0. The van der Waals surface area contributed by atoms with E-state index in [0.717, 1.165) is 5.69 Å². The summed E-state index contributed by atoms with van der Waals surface area (Å²) in [4.78, 5) is 17.7. The molecule has 5 nitrogen and oxygen atoms in total. The molecule has 2 rings (SSSR count). The molecular weight excluding hydrogens is 236 g/mol. The van der Waals surface area contributed by atoms with Crippen LogP contribution < -0.4 is 4.90 Å². The second-order valence-corrected chi connectivity index (χ2v) is 4.22. The Kier molecular flexibility index (Phi) is 3.21. The largest absolute Gasteiger partial charge is 0.282 e. The third-order valence-electron chi connectivity index (χ3n) is 2.07. The predicted molar refractivity (Wildman–Crippen MR) is 65.9 cm³/mol. The van der Waals surface area contributed by atoms with Crippen LogP contribution in [-0.4, -0.2) is 27.6 Å². The van der Waals surface area contributed by atoms with Gasteiger partial charge in [-0.25, -0.2) is 4.98 Å². The monoisotopic (exact) mass is 246 g/mol. The maximum atomic E-state index is 12.2. The number of anilines is 1. The maximum absolute atomic E-state index is 12.2. The van der Waals surface area contributed by atoms with Crippen LogP contribution in [0.4, 0.5) is 5.13 Å². The number of rotatable bonds is 3.